The molecule has 1 aromatic carbocycles. The fourth-order valence-electron chi connectivity index (χ4n) is 3.88. The molecule has 2 unspecified atom stereocenters. The molecule has 3 aliphatic heterocycles. The largest absolute Gasteiger partial charge is 0.493 e. The Morgan fingerprint density at radius 1 is 1.21 bits per heavy atom. The van der Waals surface area contributed by atoms with Gasteiger partial charge < -0.3 is 35.1 Å². The molecule has 0 spiro atoms. The molecule has 9 nitrogen and oxygen atoms in total. The molecule has 152 valence electrons. The summed E-state index contributed by atoms with van der Waals surface area (Å²) in [6.07, 6.45) is 1.03. The molecule has 0 bridgehead atoms. The Hall–Kier alpha value is -2.52. The summed E-state index contributed by atoms with van der Waals surface area (Å²) in [4.78, 5) is 21.1. The highest BCUT2D eigenvalue weighted by Gasteiger charge is 2.32. The van der Waals surface area contributed by atoms with Crippen LogP contribution in [0.1, 0.15) is 24.6 Å². The molecule has 3 heterocycles. The topological polar surface area (TPSA) is 102 Å². The predicted molar refractivity (Wildman–Crippen MR) is 105 cm³/mol. The molecule has 9 heteroatoms. The third kappa shape index (κ3) is 3.47. The average molecular weight is 389 g/mol. The van der Waals surface area contributed by atoms with Crippen molar-refractivity contribution in [1.29, 1.82) is 0 Å². The zero-order valence-electron chi connectivity index (χ0n) is 16.3. The number of rotatable bonds is 3. The van der Waals surface area contributed by atoms with Crippen LogP contribution in [0.4, 0.5) is 5.69 Å². The summed E-state index contributed by atoms with van der Waals surface area (Å²) in [5.74, 6) is 2.08. The number of carbonyl (C=O) groups excluding carboxylic acids is 1. The maximum absolute atomic E-state index is 12.5. The van der Waals surface area contributed by atoms with Crippen molar-refractivity contribution in [1.82, 2.24) is 9.80 Å². The zero-order chi connectivity index (χ0) is 19.7. The van der Waals surface area contributed by atoms with Crippen molar-refractivity contribution in [3.05, 3.63) is 17.7 Å². The van der Waals surface area contributed by atoms with Gasteiger partial charge in [0.15, 0.2) is 11.5 Å². The van der Waals surface area contributed by atoms with Gasteiger partial charge in [0.05, 0.1) is 19.9 Å². The van der Waals surface area contributed by atoms with Crippen molar-refractivity contribution < 1.29 is 19.0 Å². The molecule has 28 heavy (non-hydrogen) atoms. The molecule has 3 aliphatic rings. The number of piperazine rings is 1. The molecule has 3 N–H and O–H groups in total. The van der Waals surface area contributed by atoms with E-state index in [1.165, 1.54) is 0 Å². The molecule has 0 aliphatic carbocycles. The van der Waals surface area contributed by atoms with Crippen molar-refractivity contribution in [3.63, 3.8) is 0 Å². The predicted octanol–water partition coefficient (Wildman–Crippen LogP) is 0.766. The molecule has 0 radical (unpaired) electrons. The second-order valence-electron chi connectivity index (χ2n) is 7.13. The van der Waals surface area contributed by atoms with E-state index in [1.807, 2.05) is 17.0 Å². The number of hydrogen-bond acceptors (Lipinski definition) is 8. The lowest BCUT2D eigenvalue weighted by molar-refractivity contribution is -0.142. The van der Waals surface area contributed by atoms with E-state index in [9.17, 15) is 4.79 Å². The number of methoxy groups -OCH3 is 2. The SMILES string of the molecule is COc1cc2c(cc1OC)C(N)N=C(N1CCN(C(=O)C3CCCO3)CC1)N2. The number of nitrogens with one attached hydrogen (secondary N) is 1. The summed E-state index contributed by atoms with van der Waals surface area (Å²) in [6.45, 7) is 3.36. The Bertz CT molecular complexity index is 770. The van der Waals surface area contributed by atoms with E-state index in [0.29, 0.717) is 44.3 Å². The van der Waals surface area contributed by atoms with Crippen molar-refractivity contribution in [2.75, 3.05) is 52.3 Å². The van der Waals surface area contributed by atoms with Gasteiger partial charge in [0, 0.05) is 44.4 Å². The second kappa shape index (κ2) is 7.84. The maximum Gasteiger partial charge on any atom is 0.251 e. The Balaban J connectivity index is 1.43. The smallest absolute Gasteiger partial charge is 0.251 e. The van der Waals surface area contributed by atoms with E-state index in [-0.39, 0.29) is 12.0 Å². The fraction of sp³-hybridized carbons (Fsp3) is 0.579. The average Bonchev–Trinajstić information content (AvgIpc) is 3.27. The zero-order valence-corrected chi connectivity index (χ0v) is 16.3. The monoisotopic (exact) mass is 389 g/mol. The summed E-state index contributed by atoms with van der Waals surface area (Å²) >= 11 is 0. The number of amides is 1. The first-order valence-corrected chi connectivity index (χ1v) is 9.62. The van der Waals surface area contributed by atoms with Crippen LogP contribution in [0.3, 0.4) is 0 Å². The molecule has 0 saturated carbocycles. The van der Waals surface area contributed by atoms with Gasteiger partial charge in [-0.3, -0.25) is 4.79 Å². The lowest BCUT2D eigenvalue weighted by Gasteiger charge is -2.39. The fourth-order valence-corrected chi connectivity index (χ4v) is 3.88. The highest BCUT2D eigenvalue weighted by Crippen LogP contribution is 2.38. The van der Waals surface area contributed by atoms with Gasteiger partial charge in [-0.2, -0.15) is 0 Å². The minimum Gasteiger partial charge on any atom is -0.493 e. The number of anilines is 1. The maximum atomic E-state index is 12.5. The first-order valence-electron chi connectivity index (χ1n) is 9.62. The van der Waals surface area contributed by atoms with Crippen LogP contribution in [0.5, 0.6) is 11.5 Å². The van der Waals surface area contributed by atoms with Gasteiger partial charge in [-0.15, -0.1) is 0 Å². The van der Waals surface area contributed by atoms with Crippen LogP contribution in [0.15, 0.2) is 17.1 Å². The van der Waals surface area contributed by atoms with Gasteiger partial charge in [-0.25, -0.2) is 4.99 Å². The van der Waals surface area contributed by atoms with E-state index in [2.05, 4.69) is 15.2 Å². The van der Waals surface area contributed by atoms with Gasteiger partial charge >= 0.3 is 0 Å². The first kappa shape index (κ1) is 18.8. The van der Waals surface area contributed by atoms with Crippen LogP contribution in [0.25, 0.3) is 0 Å². The van der Waals surface area contributed by atoms with Crippen molar-refractivity contribution in [2.45, 2.75) is 25.1 Å². The minimum atomic E-state index is -0.488. The number of hydrogen-bond donors (Lipinski definition) is 2. The van der Waals surface area contributed by atoms with Crippen LogP contribution in [0.2, 0.25) is 0 Å². The van der Waals surface area contributed by atoms with Crippen molar-refractivity contribution in [3.8, 4) is 11.5 Å². The summed E-state index contributed by atoms with van der Waals surface area (Å²) in [6, 6.07) is 3.73. The number of benzene rings is 1. The number of fused-ring (bicyclic) bond motifs is 1. The number of nitrogens with zero attached hydrogens (tertiary/aromatic N) is 3. The highest BCUT2D eigenvalue weighted by atomic mass is 16.5. The third-order valence-electron chi connectivity index (χ3n) is 5.48. The number of guanidine groups is 1. The number of aliphatic imine (C=N–C) groups is 1. The molecule has 0 aromatic heterocycles. The summed E-state index contributed by atoms with van der Waals surface area (Å²) in [5, 5.41) is 3.35. The van der Waals surface area contributed by atoms with Crippen LogP contribution in [-0.4, -0.2) is 74.8 Å². The normalized spacial score (nSPS) is 24.3. The standard InChI is InChI=1S/C19H27N5O4/c1-26-15-10-12-13(11-16(15)27-2)21-19(22-17(12)20)24-7-5-23(6-8-24)18(25)14-4-3-9-28-14/h10-11,14,17H,3-9,20H2,1-2H3,(H,21,22). The lowest BCUT2D eigenvalue weighted by atomic mass is 10.1. The molecule has 1 amide bonds. The van der Waals surface area contributed by atoms with Gasteiger partial charge in [-0.1, -0.05) is 0 Å². The number of nitrogens with two attached hydrogens (primary N) is 1. The van der Waals surface area contributed by atoms with Crippen LogP contribution < -0.4 is 20.5 Å². The third-order valence-corrected chi connectivity index (χ3v) is 5.48. The molecule has 2 saturated heterocycles. The Morgan fingerprint density at radius 2 is 1.93 bits per heavy atom. The Labute approximate surface area is 164 Å². The van der Waals surface area contributed by atoms with Crippen molar-refractivity contribution >= 4 is 17.6 Å². The summed E-state index contributed by atoms with van der Waals surface area (Å²) in [7, 11) is 3.20. The van der Waals surface area contributed by atoms with Crippen LogP contribution >= 0.6 is 0 Å². The second-order valence-corrected chi connectivity index (χ2v) is 7.13. The lowest BCUT2D eigenvalue weighted by Crippen LogP contribution is -2.54. The highest BCUT2D eigenvalue weighted by molar-refractivity contribution is 5.97. The minimum absolute atomic E-state index is 0.106. The van der Waals surface area contributed by atoms with Crippen molar-refractivity contribution in [2.24, 2.45) is 10.7 Å². The molecule has 2 fully saturated rings. The number of carbonyl (C=O) groups is 1. The van der Waals surface area contributed by atoms with E-state index < -0.39 is 6.17 Å². The molecule has 2 atom stereocenters. The number of ether oxygens (including phenoxy) is 3. The quantitative estimate of drug-likeness (QED) is 0.787. The molecular weight excluding hydrogens is 362 g/mol. The van der Waals surface area contributed by atoms with Gasteiger partial charge in [0.2, 0.25) is 5.96 Å². The van der Waals surface area contributed by atoms with Gasteiger partial charge in [0.1, 0.15) is 12.3 Å². The van der Waals surface area contributed by atoms with Crippen LogP contribution in [0, 0.1) is 0 Å². The molecular formula is C19H27N5O4. The molecule has 4 rings (SSSR count). The first-order chi connectivity index (χ1) is 13.6. The Morgan fingerprint density at radius 3 is 2.57 bits per heavy atom. The van der Waals surface area contributed by atoms with Crippen LogP contribution in [-0.2, 0) is 9.53 Å². The van der Waals surface area contributed by atoms with E-state index in [1.54, 1.807) is 14.2 Å². The van der Waals surface area contributed by atoms with Gasteiger partial charge in [0.25, 0.3) is 5.91 Å². The van der Waals surface area contributed by atoms with E-state index in [4.69, 9.17) is 19.9 Å². The Kier molecular flexibility index (Phi) is 5.27. The van der Waals surface area contributed by atoms with E-state index >= 15 is 0 Å². The summed E-state index contributed by atoms with van der Waals surface area (Å²) < 4.78 is 16.3. The summed E-state index contributed by atoms with van der Waals surface area (Å²) in [5.41, 5.74) is 8.00. The molecule has 1 aromatic rings. The van der Waals surface area contributed by atoms with E-state index in [0.717, 1.165) is 30.1 Å². The van der Waals surface area contributed by atoms with Gasteiger partial charge in [-0.05, 0) is 18.9 Å².